The van der Waals surface area contributed by atoms with Crippen molar-refractivity contribution in [1.82, 2.24) is 10.2 Å². The molecule has 1 aliphatic rings. The van der Waals surface area contributed by atoms with Gasteiger partial charge < -0.3 is 9.73 Å². The van der Waals surface area contributed by atoms with Crippen LogP contribution in [0, 0.1) is 10.1 Å². The van der Waals surface area contributed by atoms with E-state index >= 15 is 0 Å². The zero-order valence-corrected chi connectivity index (χ0v) is 13.9. The smallest absolute Gasteiger partial charge is 0.270 e. The van der Waals surface area contributed by atoms with Crippen LogP contribution in [-0.4, -0.2) is 35.4 Å². The molecule has 1 unspecified atom stereocenters. The maximum atomic E-state index is 12.4. The lowest BCUT2D eigenvalue weighted by Gasteiger charge is -2.33. The molecule has 0 saturated carbocycles. The molecule has 1 saturated heterocycles. The Kier molecular flexibility index (Phi) is 5.45. The number of benzene rings is 1. The summed E-state index contributed by atoms with van der Waals surface area (Å²) in [5.41, 5.74) is 0.192. The number of nitro benzene ring substituents is 1. The Balaban J connectivity index is 1.69. The molecule has 0 aliphatic carbocycles. The van der Waals surface area contributed by atoms with Gasteiger partial charge in [0, 0.05) is 24.2 Å². The van der Waals surface area contributed by atoms with Crippen LogP contribution in [0.1, 0.15) is 41.4 Å². The first kappa shape index (κ1) is 17.2. The van der Waals surface area contributed by atoms with Crippen LogP contribution in [-0.2, 0) is 0 Å². The van der Waals surface area contributed by atoms with Crippen molar-refractivity contribution in [2.24, 2.45) is 0 Å². The Morgan fingerprint density at radius 2 is 2.04 bits per heavy atom. The molecular weight excluding hydrogens is 322 g/mol. The van der Waals surface area contributed by atoms with Crippen molar-refractivity contribution in [3.8, 4) is 0 Å². The lowest BCUT2D eigenvalue weighted by molar-refractivity contribution is -0.384. The number of rotatable bonds is 6. The Morgan fingerprint density at radius 1 is 1.24 bits per heavy atom. The van der Waals surface area contributed by atoms with Crippen molar-refractivity contribution in [2.75, 3.05) is 19.6 Å². The minimum Gasteiger partial charge on any atom is -0.468 e. The molecule has 0 spiro atoms. The molecule has 1 amide bonds. The summed E-state index contributed by atoms with van der Waals surface area (Å²) in [4.78, 5) is 25.1. The van der Waals surface area contributed by atoms with E-state index < -0.39 is 4.92 Å². The third-order valence-electron chi connectivity index (χ3n) is 4.48. The summed E-state index contributed by atoms with van der Waals surface area (Å²) in [5.74, 6) is 0.499. The van der Waals surface area contributed by atoms with E-state index in [1.54, 1.807) is 12.3 Å². The monoisotopic (exact) mass is 343 g/mol. The van der Waals surface area contributed by atoms with Gasteiger partial charge in [0.05, 0.1) is 17.2 Å². The summed E-state index contributed by atoms with van der Waals surface area (Å²) >= 11 is 0. The largest absolute Gasteiger partial charge is 0.468 e. The number of carbonyl (C=O) groups excluding carboxylic acids is 1. The van der Waals surface area contributed by atoms with Gasteiger partial charge in [-0.1, -0.05) is 12.5 Å². The topological polar surface area (TPSA) is 88.6 Å². The molecule has 1 atom stereocenters. The lowest BCUT2D eigenvalue weighted by Crippen LogP contribution is -2.40. The van der Waals surface area contributed by atoms with Crippen molar-refractivity contribution < 1.29 is 14.1 Å². The Labute approximate surface area is 145 Å². The fraction of sp³-hybridized carbons (Fsp3) is 0.389. The molecule has 25 heavy (non-hydrogen) atoms. The molecule has 0 radical (unpaired) electrons. The molecular formula is C18H21N3O4. The summed E-state index contributed by atoms with van der Waals surface area (Å²) < 4.78 is 5.56. The van der Waals surface area contributed by atoms with Crippen molar-refractivity contribution in [1.29, 1.82) is 0 Å². The molecule has 1 fully saturated rings. The first-order chi connectivity index (χ1) is 12.1. The second kappa shape index (κ2) is 7.94. The molecule has 1 aromatic heterocycles. The zero-order valence-electron chi connectivity index (χ0n) is 13.9. The van der Waals surface area contributed by atoms with Gasteiger partial charge in [0.15, 0.2) is 0 Å². The third-order valence-corrected chi connectivity index (χ3v) is 4.48. The van der Waals surface area contributed by atoms with Crippen LogP contribution in [0.2, 0.25) is 0 Å². The van der Waals surface area contributed by atoms with Gasteiger partial charge in [-0.3, -0.25) is 19.8 Å². The van der Waals surface area contributed by atoms with Gasteiger partial charge in [0.2, 0.25) is 0 Å². The molecule has 2 aromatic rings. The number of furan rings is 1. The predicted octanol–water partition coefficient (Wildman–Crippen LogP) is 3.14. The summed E-state index contributed by atoms with van der Waals surface area (Å²) in [6.07, 6.45) is 5.13. The predicted molar refractivity (Wildman–Crippen MR) is 92.3 cm³/mol. The fourth-order valence-electron chi connectivity index (χ4n) is 3.17. The number of amides is 1. The van der Waals surface area contributed by atoms with Crippen LogP contribution in [0.5, 0.6) is 0 Å². The molecule has 1 N–H and O–H groups in total. The van der Waals surface area contributed by atoms with E-state index in [0.717, 1.165) is 31.7 Å². The van der Waals surface area contributed by atoms with E-state index in [2.05, 4.69) is 10.2 Å². The summed E-state index contributed by atoms with van der Waals surface area (Å²) in [6, 6.07) is 9.48. The molecule has 132 valence electrons. The van der Waals surface area contributed by atoms with E-state index in [1.807, 2.05) is 12.1 Å². The zero-order chi connectivity index (χ0) is 17.6. The molecule has 7 nitrogen and oxygen atoms in total. The maximum Gasteiger partial charge on any atom is 0.270 e. The van der Waals surface area contributed by atoms with Crippen molar-refractivity contribution in [3.05, 3.63) is 64.1 Å². The van der Waals surface area contributed by atoms with Crippen molar-refractivity contribution in [3.63, 3.8) is 0 Å². The van der Waals surface area contributed by atoms with Gasteiger partial charge in [-0.25, -0.2) is 0 Å². The van der Waals surface area contributed by atoms with Gasteiger partial charge in [0.25, 0.3) is 11.6 Å². The molecule has 2 heterocycles. The highest BCUT2D eigenvalue weighted by molar-refractivity contribution is 5.94. The van der Waals surface area contributed by atoms with Gasteiger partial charge in [0.1, 0.15) is 5.76 Å². The van der Waals surface area contributed by atoms with E-state index in [-0.39, 0.29) is 23.2 Å². The Hall–Kier alpha value is -2.67. The fourth-order valence-corrected chi connectivity index (χ4v) is 3.17. The van der Waals surface area contributed by atoms with Gasteiger partial charge in [-0.2, -0.15) is 0 Å². The van der Waals surface area contributed by atoms with Crippen LogP contribution >= 0.6 is 0 Å². The van der Waals surface area contributed by atoms with Gasteiger partial charge in [-0.05, 0) is 44.1 Å². The normalized spacial score (nSPS) is 16.3. The van der Waals surface area contributed by atoms with Crippen molar-refractivity contribution >= 4 is 11.6 Å². The van der Waals surface area contributed by atoms with Crippen molar-refractivity contribution in [2.45, 2.75) is 25.3 Å². The number of nitro groups is 1. The molecule has 0 bridgehead atoms. The number of hydrogen-bond donors (Lipinski definition) is 1. The van der Waals surface area contributed by atoms with E-state index in [1.165, 1.54) is 24.6 Å². The van der Waals surface area contributed by atoms with Crippen LogP contribution in [0.15, 0.2) is 47.1 Å². The average Bonchev–Trinajstić information content (AvgIpc) is 3.17. The van der Waals surface area contributed by atoms with Crippen LogP contribution in [0.25, 0.3) is 0 Å². The average molecular weight is 343 g/mol. The number of nitrogens with one attached hydrogen (secondary N) is 1. The summed E-state index contributed by atoms with van der Waals surface area (Å²) in [6.45, 7) is 2.34. The summed E-state index contributed by atoms with van der Waals surface area (Å²) in [5, 5.41) is 13.7. The molecule has 1 aliphatic heterocycles. The maximum absolute atomic E-state index is 12.4. The second-order valence-corrected chi connectivity index (χ2v) is 6.15. The van der Waals surface area contributed by atoms with Crippen LogP contribution < -0.4 is 5.32 Å². The van der Waals surface area contributed by atoms with E-state index in [9.17, 15) is 14.9 Å². The first-order valence-electron chi connectivity index (χ1n) is 8.45. The molecule has 1 aromatic carbocycles. The number of non-ortho nitro benzene ring substituents is 1. The minimum atomic E-state index is -0.504. The van der Waals surface area contributed by atoms with Gasteiger partial charge >= 0.3 is 0 Å². The highest BCUT2D eigenvalue weighted by atomic mass is 16.6. The highest BCUT2D eigenvalue weighted by Crippen LogP contribution is 2.24. The number of likely N-dealkylation sites (tertiary alicyclic amines) is 1. The summed E-state index contributed by atoms with van der Waals surface area (Å²) in [7, 11) is 0. The standard InChI is InChI=1S/C18H21N3O4/c22-18(14-6-4-7-15(12-14)21(23)24)19-13-16(17-8-5-11-25-17)20-9-2-1-3-10-20/h4-8,11-12,16H,1-3,9-10,13H2,(H,19,22). The number of hydrogen-bond acceptors (Lipinski definition) is 5. The Bertz CT molecular complexity index is 724. The first-order valence-corrected chi connectivity index (χ1v) is 8.45. The molecule has 3 rings (SSSR count). The van der Waals surface area contributed by atoms with E-state index in [0.29, 0.717) is 6.54 Å². The quantitative estimate of drug-likeness (QED) is 0.643. The van der Waals surface area contributed by atoms with Crippen LogP contribution in [0.4, 0.5) is 5.69 Å². The minimum absolute atomic E-state index is 0.0297. The van der Waals surface area contributed by atoms with Gasteiger partial charge in [-0.15, -0.1) is 0 Å². The van der Waals surface area contributed by atoms with Crippen LogP contribution in [0.3, 0.4) is 0 Å². The second-order valence-electron chi connectivity index (χ2n) is 6.15. The number of piperidine rings is 1. The molecule has 7 heteroatoms. The highest BCUT2D eigenvalue weighted by Gasteiger charge is 2.25. The number of nitrogens with zero attached hydrogens (tertiary/aromatic N) is 2. The SMILES string of the molecule is O=C(NCC(c1ccco1)N1CCCCC1)c1cccc([N+](=O)[O-])c1. The Morgan fingerprint density at radius 3 is 2.72 bits per heavy atom. The lowest BCUT2D eigenvalue weighted by atomic mass is 10.1. The third kappa shape index (κ3) is 4.24. The van der Waals surface area contributed by atoms with E-state index in [4.69, 9.17) is 4.42 Å². The number of carbonyl (C=O) groups is 1.